The highest BCUT2D eigenvalue weighted by Gasteiger charge is 2.18. The van der Waals surface area contributed by atoms with Gasteiger partial charge in [-0.25, -0.2) is 9.59 Å². The van der Waals surface area contributed by atoms with Crippen molar-refractivity contribution in [1.29, 1.82) is 0 Å². The number of rotatable bonds is 10. The van der Waals surface area contributed by atoms with E-state index in [0.29, 0.717) is 23.3 Å². The minimum absolute atomic E-state index is 0.0580. The summed E-state index contributed by atoms with van der Waals surface area (Å²) in [5.41, 5.74) is 1.37. The third-order valence-electron chi connectivity index (χ3n) is 4.45. The molecule has 2 aromatic rings. The van der Waals surface area contributed by atoms with Crippen LogP contribution in [0.3, 0.4) is 0 Å². The van der Waals surface area contributed by atoms with Gasteiger partial charge in [0.1, 0.15) is 6.61 Å². The molecule has 0 amide bonds. The van der Waals surface area contributed by atoms with E-state index >= 15 is 0 Å². The van der Waals surface area contributed by atoms with Gasteiger partial charge in [0.25, 0.3) is 5.69 Å². The number of unbranched alkanes of at least 4 members (excludes halogenated alkanes) is 3. The largest absolute Gasteiger partial charge is 0.462 e. The van der Waals surface area contributed by atoms with Crippen molar-refractivity contribution in [2.75, 3.05) is 6.61 Å². The number of aryl methyl sites for hydroxylation is 1. The first-order chi connectivity index (χ1) is 13.9. The molecule has 0 aliphatic rings. The van der Waals surface area contributed by atoms with Crippen LogP contribution in [0.5, 0.6) is 0 Å². The van der Waals surface area contributed by atoms with Crippen LogP contribution in [0.15, 0.2) is 42.5 Å². The van der Waals surface area contributed by atoms with Gasteiger partial charge in [0.05, 0.1) is 28.2 Å². The van der Waals surface area contributed by atoms with E-state index < -0.39 is 16.9 Å². The van der Waals surface area contributed by atoms with E-state index in [9.17, 15) is 19.7 Å². The standard InChI is InChI=1S/C22H25NO6/c1-3-4-5-6-14-28-21(24)17-10-12-18(13-11-17)22(25)29-15-19-9-7-8-16(2)20(19)23(26)27/h7-13H,3-6,14-15H2,1-2H3. The third kappa shape index (κ3) is 6.41. The second-order valence-electron chi connectivity index (χ2n) is 6.69. The predicted molar refractivity (Wildman–Crippen MR) is 108 cm³/mol. The SMILES string of the molecule is CCCCCCOC(=O)c1ccc(C(=O)OCc2cccc(C)c2[N+](=O)[O-])cc1. The highest BCUT2D eigenvalue weighted by molar-refractivity contribution is 5.93. The Morgan fingerprint density at radius 2 is 1.55 bits per heavy atom. The first-order valence-electron chi connectivity index (χ1n) is 9.61. The Morgan fingerprint density at radius 1 is 0.931 bits per heavy atom. The fourth-order valence-electron chi connectivity index (χ4n) is 2.84. The highest BCUT2D eigenvalue weighted by atomic mass is 16.6. The summed E-state index contributed by atoms with van der Waals surface area (Å²) in [5.74, 6) is -1.06. The van der Waals surface area contributed by atoms with Crippen LogP contribution >= 0.6 is 0 Å². The Kier molecular flexibility index (Phi) is 8.33. The molecule has 29 heavy (non-hydrogen) atoms. The summed E-state index contributed by atoms with van der Waals surface area (Å²) >= 11 is 0. The van der Waals surface area contributed by atoms with Gasteiger partial charge in [-0.15, -0.1) is 0 Å². The predicted octanol–water partition coefficient (Wildman–Crippen LogP) is 5.00. The van der Waals surface area contributed by atoms with E-state index in [2.05, 4.69) is 6.92 Å². The summed E-state index contributed by atoms with van der Waals surface area (Å²) in [4.78, 5) is 35.0. The number of para-hydroxylation sites is 1. The number of nitro benzene ring substituents is 1. The topological polar surface area (TPSA) is 95.7 Å². The quantitative estimate of drug-likeness (QED) is 0.241. The molecule has 0 heterocycles. The molecule has 0 saturated heterocycles. The number of hydrogen-bond donors (Lipinski definition) is 0. The van der Waals surface area contributed by atoms with E-state index in [-0.39, 0.29) is 17.9 Å². The molecule has 0 N–H and O–H groups in total. The number of ether oxygens (including phenoxy) is 2. The van der Waals surface area contributed by atoms with Crippen molar-refractivity contribution in [3.63, 3.8) is 0 Å². The Balaban J connectivity index is 1.92. The smallest absolute Gasteiger partial charge is 0.338 e. The van der Waals surface area contributed by atoms with E-state index in [0.717, 1.165) is 25.7 Å². The average molecular weight is 399 g/mol. The summed E-state index contributed by atoms with van der Waals surface area (Å²) in [5, 5.41) is 11.2. The molecule has 0 aromatic heterocycles. The van der Waals surface area contributed by atoms with Gasteiger partial charge >= 0.3 is 11.9 Å². The zero-order valence-electron chi connectivity index (χ0n) is 16.7. The normalized spacial score (nSPS) is 10.4. The molecule has 0 saturated carbocycles. The first kappa shape index (κ1) is 22.1. The molecule has 0 atom stereocenters. The average Bonchev–Trinajstić information content (AvgIpc) is 2.71. The van der Waals surface area contributed by atoms with E-state index in [1.54, 1.807) is 25.1 Å². The monoisotopic (exact) mass is 399 g/mol. The van der Waals surface area contributed by atoms with Crippen LogP contribution in [0.2, 0.25) is 0 Å². The number of nitro groups is 1. The van der Waals surface area contributed by atoms with Gasteiger partial charge < -0.3 is 9.47 Å². The lowest BCUT2D eigenvalue weighted by Gasteiger charge is -2.08. The molecule has 2 rings (SSSR count). The van der Waals surface area contributed by atoms with Gasteiger partial charge in [-0.2, -0.15) is 0 Å². The first-order valence-corrected chi connectivity index (χ1v) is 9.61. The Morgan fingerprint density at radius 3 is 2.14 bits per heavy atom. The van der Waals surface area contributed by atoms with Crippen molar-refractivity contribution in [1.82, 2.24) is 0 Å². The molecular formula is C22H25NO6. The maximum atomic E-state index is 12.2. The molecule has 7 nitrogen and oxygen atoms in total. The fourth-order valence-corrected chi connectivity index (χ4v) is 2.84. The summed E-state index contributed by atoms with van der Waals surface area (Å²) in [6.07, 6.45) is 4.07. The summed E-state index contributed by atoms with van der Waals surface area (Å²) < 4.78 is 10.4. The van der Waals surface area contributed by atoms with Crippen LogP contribution in [0, 0.1) is 17.0 Å². The molecular weight excluding hydrogens is 374 g/mol. The minimum Gasteiger partial charge on any atom is -0.462 e. The van der Waals surface area contributed by atoms with Gasteiger partial charge in [-0.05, 0) is 43.7 Å². The number of esters is 2. The Labute approximate surface area is 169 Å². The molecule has 0 radical (unpaired) electrons. The van der Waals surface area contributed by atoms with Gasteiger partial charge in [-0.1, -0.05) is 38.3 Å². The van der Waals surface area contributed by atoms with Crippen molar-refractivity contribution in [3.05, 3.63) is 74.8 Å². The van der Waals surface area contributed by atoms with Crippen molar-refractivity contribution in [3.8, 4) is 0 Å². The van der Waals surface area contributed by atoms with E-state index in [1.807, 2.05) is 0 Å². The number of hydrogen-bond acceptors (Lipinski definition) is 6. The molecule has 2 aromatic carbocycles. The molecule has 0 unspecified atom stereocenters. The number of carbonyl (C=O) groups is 2. The van der Waals surface area contributed by atoms with Gasteiger partial charge in [-0.3, -0.25) is 10.1 Å². The molecule has 0 aliphatic heterocycles. The molecule has 7 heteroatoms. The van der Waals surface area contributed by atoms with Crippen LogP contribution < -0.4 is 0 Å². The maximum Gasteiger partial charge on any atom is 0.338 e. The van der Waals surface area contributed by atoms with Crippen molar-refractivity contribution in [2.24, 2.45) is 0 Å². The van der Waals surface area contributed by atoms with Crippen molar-refractivity contribution >= 4 is 17.6 Å². The zero-order valence-corrected chi connectivity index (χ0v) is 16.7. The fraction of sp³-hybridized carbons (Fsp3) is 0.364. The molecule has 0 bridgehead atoms. The lowest BCUT2D eigenvalue weighted by Crippen LogP contribution is -2.09. The van der Waals surface area contributed by atoms with E-state index in [4.69, 9.17) is 9.47 Å². The van der Waals surface area contributed by atoms with Crippen LogP contribution in [-0.2, 0) is 16.1 Å². The minimum atomic E-state index is -0.625. The van der Waals surface area contributed by atoms with Gasteiger partial charge in [0.15, 0.2) is 0 Å². The van der Waals surface area contributed by atoms with Gasteiger partial charge in [0, 0.05) is 5.56 Å². The lowest BCUT2D eigenvalue weighted by molar-refractivity contribution is -0.386. The lowest BCUT2D eigenvalue weighted by atomic mass is 10.1. The number of nitrogens with zero attached hydrogens (tertiary/aromatic N) is 1. The number of benzene rings is 2. The maximum absolute atomic E-state index is 12.2. The molecule has 0 spiro atoms. The van der Waals surface area contributed by atoms with Gasteiger partial charge in [0.2, 0.25) is 0 Å². The highest BCUT2D eigenvalue weighted by Crippen LogP contribution is 2.24. The second kappa shape index (κ2) is 10.9. The molecule has 0 fully saturated rings. The van der Waals surface area contributed by atoms with Crippen LogP contribution in [-0.4, -0.2) is 23.5 Å². The Bertz CT molecular complexity index is 860. The molecule has 0 aliphatic carbocycles. The Hall–Kier alpha value is -3.22. The number of carbonyl (C=O) groups excluding carboxylic acids is 2. The van der Waals surface area contributed by atoms with Crippen LogP contribution in [0.1, 0.15) is 64.4 Å². The van der Waals surface area contributed by atoms with Crippen molar-refractivity contribution in [2.45, 2.75) is 46.1 Å². The second-order valence-corrected chi connectivity index (χ2v) is 6.69. The third-order valence-corrected chi connectivity index (χ3v) is 4.45. The summed E-state index contributed by atoms with van der Waals surface area (Å²) in [7, 11) is 0. The van der Waals surface area contributed by atoms with E-state index in [1.165, 1.54) is 24.3 Å². The molecule has 154 valence electrons. The van der Waals surface area contributed by atoms with Crippen molar-refractivity contribution < 1.29 is 24.0 Å². The van der Waals surface area contributed by atoms with Crippen LogP contribution in [0.4, 0.5) is 5.69 Å². The summed E-state index contributed by atoms with van der Waals surface area (Å²) in [6.45, 7) is 3.90. The van der Waals surface area contributed by atoms with Crippen LogP contribution in [0.25, 0.3) is 0 Å². The zero-order chi connectivity index (χ0) is 21.2. The summed E-state index contributed by atoms with van der Waals surface area (Å²) in [6, 6.07) is 10.8.